The Balaban J connectivity index is 1.38. The summed E-state index contributed by atoms with van der Waals surface area (Å²) in [6, 6.07) is 14.1. The Hall–Kier alpha value is -2.91. The fourth-order valence-electron chi connectivity index (χ4n) is 4.20. The van der Waals surface area contributed by atoms with Crippen LogP contribution < -0.4 is 9.64 Å². The number of benzene rings is 2. The van der Waals surface area contributed by atoms with Gasteiger partial charge >= 0.3 is 0 Å². The van der Waals surface area contributed by atoms with Crippen LogP contribution in [0.25, 0.3) is 0 Å². The van der Waals surface area contributed by atoms with E-state index in [-0.39, 0.29) is 36.2 Å². The van der Waals surface area contributed by atoms with Crippen LogP contribution in [0.3, 0.4) is 0 Å². The van der Waals surface area contributed by atoms with Crippen molar-refractivity contribution in [1.29, 1.82) is 0 Å². The first kappa shape index (κ1) is 23.3. The molecule has 0 saturated carbocycles. The van der Waals surface area contributed by atoms with Crippen molar-refractivity contribution in [3.05, 3.63) is 54.1 Å². The van der Waals surface area contributed by atoms with Crippen LogP contribution in [-0.4, -0.2) is 68.3 Å². The highest BCUT2D eigenvalue weighted by Gasteiger charge is 2.32. The molecule has 2 amide bonds. The van der Waals surface area contributed by atoms with Gasteiger partial charge in [-0.1, -0.05) is 29.8 Å². The minimum Gasteiger partial charge on any atom is -0.479 e. The number of anilines is 1. The molecule has 33 heavy (non-hydrogen) atoms. The molecular formula is C24H29N3O5S. The third-order valence-electron chi connectivity index (χ3n) is 6.09. The van der Waals surface area contributed by atoms with Crippen molar-refractivity contribution >= 4 is 27.5 Å². The van der Waals surface area contributed by atoms with Gasteiger partial charge in [-0.25, -0.2) is 8.42 Å². The normalized spacial score (nSPS) is 19.6. The van der Waals surface area contributed by atoms with Gasteiger partial charge in [-0.15, -0.1) is 0 Å². The predicted octanol–water partition coefficient (Wildman–Crippen LogP) is 2.42. The monoisotopic (exact) mass is 471 g/mol. The molecule has 1 atom stereocenters. The van der Waals surface area contributed by atoms with Crippen molar-refractivity contribution in [3.8, 4) is 5.75 Å². The summed E-state index contributed by atoms with van der Waals surface area (Å²) < 4.78 is 33.1. The average molecular weight is 472 g/mol. The maximum Gasteiger partial charge on any atom is 0.267 e. The molecule has 0 bridgehead atoms. The number of nitrogens with zero attached hydrogens (tertiary/aromatic N) is 3. The van der Waals surface area contributed by atoms with E-state index >= 15 is 0 Å². The van der Waals surface area contributed by atoms with E-state index in [4.69, 9.17) is 4.74 Å². The van der Waals surface area contributed by atoms with Gasteiger partial charge in [-0.05, 0) is 44.5 Å². The molecule has 2 aromatic carbocycles. The molecule has 2 aliphatic heterocycles. The molecule has 1 saturated heterocycles. The number of carbonyl (C=O) groups excluding carboxylic acids is 2. The highest BCUT2D eigenvalue weighted by atomic mass is 32.2. The Morgan fingerprint density at radius 2 is 1.76 bits per heavy atom. The van der Waals surface area contributed by atoms with Crippen molar-refractivity contribution in [2.24, 2.45) is 0 Å². The van der Waals surface area contributed by atoms with Gasteiger partial charge in [-0.3, -0.25) is 9.59 Å². The van der Waals surface area contributed by atoms with E-state index < -0.39 is 16.1 Å². The number of sulfonamides is 1. The Kier molecular flexibility index (Phi) is 6.71. The molecule has 0 aromatic heterocycles. The molecule has 0 radical (unpaired) electrons. The van der Waals surface area contributed by atoms with Gasteiger partial charge in [0.1, 0.15) is 5.75 Å². The second-order valence-corrected chi connectivity index (χ2v) is 10.4. The van der Waals surface area contributed by atoms with Gasteiger partial charge in [-0.2, -0.15) is 4.31 Å². The average Bonchev–Trinajstić information content (AvgIpc) is 3.06. The molecule has 0 spiro atoms. The molecule has 176 valence electrons. The van der Waals surface area contributed by atoms with Crippen molar-refractivity contribution in [2.45, 2.75) is 37.7 Å². The SMILES string of the molecule is Cc1ccc(S(=O)(=O)N2CCCN(C(=O)CCN3C(=O)C(C)Oc4ccccc43)CC2)cc1. The summed E-state index contributed by atoms with van der Waals surface area (Å²) in [7, 11) is -3.60. The lowest BCUT2D eigenvalue weighted by molar-refractivity contribution is -0.131. The van der Waals surface area contributed by atoms with Crippen LogP contribution in [0.15, 0.2) is 53.4 Å². The van der Waals surface area contributed by atoms with Gasteiger partial charge in [0.25, 0.3) is 5.91 Å². The summed E-state index contributed by atoms with van der Waals surface area (Å²) in [5, 5.41) is 0. The first-order valence-corrected chi connectivity index (χ1v) is 12.6. The molecule has 4 rings (SSSR count). The summed E-state index contributed by atoms with van der Waals surface area (Å²) in [5.41, 5.74) is 1.66. The molecule has 0 N–H and O–H groups in total. The molecular weight excluding hydrogens is 442 g/mol. The van der Waals surface area contributed by atoms with E-state index in [2.05, 4.69) is 0 Å². The molecule has 8 nitrogen and oxygen atoms in total. The minimum absolute atomic E-state index is 0.0889. The summed E-state index contributed by atoms with van der Waals surface area (Å²) in [6.07, 6.45) is 0.124. The zero-order chi connectivity index (χ0) is 23.6. The van der Waals surface area contributed by atoms with Crippen LogP contribution in [0.1, 0.15) is 25.3 Å². The van der Waals surface area contributed by atoms with E-state index in [0.717, 1.165) is 5.56 Å². The molecule has 9 heteroatoms. The number of amides is 2. The zero-order valence-corrected chi connectivity index (χ0v) is 19.8. The Morgan fingerprint density at radius 1 is 1.03 bits per heavy atom. The molecule has 1 unspecified atom stereocenters. The van der Waals surface area contributed by atoms with Crippen LogP contribution >= 0.6 is 0 Å². The fourth-order valence-corrected chi connectivity index (χ4v) is 5.67. The number of ether oxygens (including phenoxy) is 1. The Morgan fingerprint density at radius 3 is 2.52 bits per heavy atom. The van der Waals surface area contributed by atoms with Gasteiger partial charge in [0.05, 0.1) is 10.6 Å². The fraction of sp³-hybridized carbons (Fsp3) is 0.417. The van der Waals surface area contributed by atoms with Crippen LogP contribution in [0, 0.1) is 6.92 Å². The number of fused-ring (bicyclic) bond motifs is 1. The number of rotatable bonds is 5. The summed E-state index contributed by atoms with van der Waals surface area (Å²) in [6.45, 7) is 5.30. The van der Waals surface area contributed by atoms with Crippen molar-refractivity contribution in [2.75, 3.05) is 37.6 Å². The minimum atomic E-state index is -3.60. The lowest BCUT2D eigenvalue weighted by Crippen LogP contribution is -2.46. The first-order valence-electron chi connectivity index (χ1n) is 11.2. The molecule has 0 aliphatic carbocycles. The summed E-state index contributed by atoms with van der Waals surface area (Å²) in [5.74, 6) is 0.366. The van der Waals surface area contributed by atoms with E-state index in [1.54, 1.807) is 41.0 Å². The number of aryl methyl sites for hydroxylation is 1. The summed E-state index contributed by atoms with van der Waals surface area (Å²) >= 11 is 0. The van der Waals surface area contributed by atoms with Crippen LogP contribution in [0.5, 0.6) is 5.75 Å². The first-order chi connectivity index (χ1) is 15.8. The molecule has 2 heterocycles. The Labute approximate surface area is 194 Å². The third-order valence-corrected chi connectivity index (χ3v) is 8.00. The lowest BCUT2D eigenvalue weighted by atomic mass is 10.1. The van der Waals surface area contributed by atoms with Crippen LogP contribution in [0.2, 0.25) is 0 Å². The van der Waals surface area contributed by atoms with Gasteiger partial charge in [0.15, 0.2) is 6.10 Å². The number of para-hydroxylation sites is 2. The van der Waals surface area contributed by atoms with Crippen molar-refractivity contribution in [1.82, 2.24) is 9.21 Å². The van der Waals surface area contributed by atoms with E-state index in [1.807, 2.05) is 31.2 Å². The van der Waals surface area contributed by atoms with Crippen molar-refractivity contribution in [3.63, 3.8) is 0 Å². The highest BCUT2D eigenvalue weighted by molar-refractivity contribution is 7.89. The maximum absolute atomic E-state index is 13.0. The molecule has 2 aromatic rings. The molecule has 1 fully saturated rings. The smallest absolute Gasteiger partial charge is 0.267 e. The quantitative estimate of drug-likeness (QED) is 0.669. The Bertz CT molecular complexity index is 1130. The lowest BCUT2D eigenvalue weighted by Gasteiger charge is -2.33. The van der Waals surface area contributed by atoms with E-state index in [1.165, 1.54) is 4.31 Å². The second kappa shape index (κ2) is 9.52. The highest BCUT2D eigenvalue weighted by Crippen LogP contribution is 2.33. The van der Waals surface area contributed by atoms with E-state index in [9.17, 15) is 18.0 Å². The maximum atomic E-state index is 13.0. The van der Waals surface area contributed by atoms with Gasteiger partial charge in [0.2, 0.25) is 15.9 Å². The standard InChI is InChI=1S/C24H29N3O5S/c1-18-8-10-20(11-9-18)33(30,31)26-14-5-13-25(16-17-26)23(28)12-15-27-21-6-3-4-7-22(21)32-19(2)24(27)29/h3-4,6-11,19H,5,12-17H2,1-2H3. The number of hydrogen-bond acceptors (Lipinski definition) is 5. The zero-order valence-electron chi connectivity index (χ0n) is 18.9. The number of carbonyl (C=O) groups is 2. The topological polar surface area (TPSA) is 87.2 Å². The van der Waals surface area contributed by atoms with Crippen molar-refractivity contribution < 1.29 is 22.7 Å². The van der Waals surface area contributed by atoms with E-state index in [0.29, 0.717) is 37.5 Å². The van der Waals surface area contributed by atoms with Gasteiger partial charge in [0, 0.05) is 39.1 Å². The van der Waals surface area contributed by atoms with Gasteiger partial charge < -0.3 is 14.5 Å². The molecule has 2 aliphatic rings. The second-order valence-electron chi connectivity index (χ2n) is 8.42. The summed E-state index contributed by atoms with van der Waals surface area (Å²) in [4.78, 5) is 29.2. The third kappa shape index (κ3) is 4.89. The van der Waals surface area contributed by atoms with Crippen LogP contribution in [-0.2, 0) is 19.6 Å². The predicted molar refractivity (Wildman–Crippen MR) is 125 cm³/mol. The largest absolute Gasteiger partial charge is 0.479 e. The van der Waals surface area contributed by atoms with Crippen LogP contribution in [0.4, 0.5) is 5.69 Å². The number of hydrogen-bond donors (Lipinski definition) is 0.